The average Bonchev–Trinajstić information content (AvgIpc) is 3.36. The van der Waals surface area contributed by atoms with Gasteiger partial charge in [0.05, 0.1) is 5.56 Å². The van der Waals surface area contributed by atoms with Crippen LogP contribution in [0, 0.1) is 5.92 Å². The number of piperidine rings is 1. The van der Waals surface area contributed by atoms with Gasteiger partial charge in [0, 0.05) is 37.5 Å². The third-order valence-corrected chi connectivity index (χ3v) is 6.57. The Balaban J connectivity index is 1.32. The third-order valence-electron chi connectivity index (χ3n) is 5.89. The van der Waals surface area contributed by atoms with E-state index < -0.39 is 0 Å². The highest BCUT2D eigenvalue weighted by Crippen LogP contribution is 2.23. The smallest absolute Gasteiger partial charge is 0.254 e. The van der Waals surface area contributed by atoms with E-state index in [9.17, 15) is 9.59 Å². The summed E-state index contributed by atoms with van der Waals surface area (Å²) in [6, 6.07) is 2.42. The van der Waals surface area contributed by atoms with Crippen LogP contribution in [0.1, 0.15) is 55.8 Å². The van der Waals surface area contributed by atoms with Crippen molar-refractivity contribution in [3.63, 3.8) is 0 Å². The van der Waals surface area contributed by atoms with Crippen LogP contribution in [0.15, 0.2) is 16.8 Å². The molecule has 26 heavy (non-hydrogen) atoms. The van der Waals surface area contributed by atoms with Crippen LogP contribution in [0.4, 0.5) is 0 Å². The van der Waals surface area contributed by atoms with Crippen LogP contribution >= 0.6 is 11.3 Å². The largest absolute Gasteiger partial charge is 0.355 e. The van der Waals surface area contributed by atoms with Crippen molar-refractivity contribution in [3.05, 3.63) is 22.4 Å². The zero-order chi connectivity index (χ0) is 18.4. The summed E-state index contributed by atoms with van der Waals surface area (Å²) in [6.45, 7) is 6.85. The van der Waals surface area contributed by atoms with E-state index in [2.05, 4.69) is 17.1 Å². The van der Waals surface area contributed by atoms with Crippen LogP contribution in [-0.2, 0) is 4.79 Å². The Morgan fingerprint density at radius 3 is 2.73 bits per heavy atom. The minimum absolute atomic E-state index is 0.152. The maximum absolute atomic E-state index is 12.4. The minimum Gasteiger partial charge on any atom is -0.355 e. The molecule has 3 heterocycles. The Kier molecular flexibility index (Phi) is 7.08. The number of likely N-dealkylation sites (N-methyl/N-ethyl adjacent to an activating group) is 1. The molecule has 0 aliphatic carbocycles. The van der Waals surface area contributed by atoms with E-state index in [-0.39, 0.29) is 11.8 Å². The minimum atomic E-state index is 0.152. The van der Waals surface area contributed by atoms with Gasteiger partial charge in [0.1, 0.15) is 0 Å². The predicted octanol–water partition coefficient (Wildman–Crippen LogP) is 2.98. The Hall–Kier alpha value is -1.40. The second-order valence-electron chi connectivity index (χ2n) is 7.51. The first-order valence-electron chi connectivity index (χ1n) is 9.99. The molecule has 0 radical (unpaired) electrons. The van der Waals surface area contributed by atoms with E-state index in [0.29, 0.717) is 18.4 Å². The fourth-order valence-corrected chi connectivity index (χ4v) is 4.82. The molecule has 6 heteroatoms. The van der Waals surface area contributed by atoms with Gasteiger partial charge in [0.2, 0.25) is 5.91 Å². The average molecular weight is 378 g/mol. The van der Waals surface area contributed by atoms with E-state index in [4.69, 9.17) is 0 Å². The van der Waals surface area contributed by atoms with Gasteiger partial charge in [-0.1, -0.05) is 6.92 Å². The lowest BCUT2D eigenvalue weighted by atomic mass is 9.92. The van der Waals surface area contributed by atoms with Gasteiger partial charge < -0.3 is 10.2 Å². The molecule has 2 aliphatic heterocycles. The normalized spacial score (nSPS) is 21.9. The van der Waals surface area contributed by atoms with Crippen molar-refractivity contribution >= 4 is 23.2 Å². The number of amides is 2. The van der Waals surface area contributed by atoms with Crippen molar-refractivity contribution in [2.24, 2.45) is 5.92 Å². The second-order valence-corrected chi connectivity index (χ2v) is 8.30. The molecule has 3 rings (SSSR count). The highest BCUT2D eigenvalue weighted by molar-refractivity contribution is 7.08. The second kappa shape index (κ2) is 9.51. The standard InChI is InChI=1S/C20H31N3O2S/c1-2-22-10-3-4-18(22)14-21-19(24)6-5-16-7-11-23(12-8-16)20(25)17-9-13-26-15-17/h9,13,15-16,18H,2-8,10-12,14H2,1H3,(H,21,24). The van der Waals surface area contributed by atoms with Gasteiger partial charge in [-0.15, -0.1) is 0 Å². The molecule has 5 nitrogen and oxygen atoms in total. The van der Waals surface area contributed by atoms with Crippen LogP contribution in [0.2, 0.25) is 0 Å². The molecule has 0 saturated carbocycles. The number of carbonyl (C=O) groups excluding carboxylic acids is 2. The molecule has 144 valence electrons. The van der Waals surface area contributed by atoms with Gasteiger partial charge in [-0.05, 0) is 62.6 Å². The summed E-state index contributed by atoms with van der Waals surface area (Å²) in [5.74, 6) is 0.898. The predicted molar refractivity (Wildman–Crippen MR) is 105 cm³/mol. The number of nitrogens with one attached hydrogen (secondary N) is 1. The molecular weight excluding hydrogens is 346 g/mol. The summed E-state index contributed by atoms with van der Waals surface area (Å²) in [7, 11) is 0. The molecule has 2 aliphatic rings. The Morgan fingerprint density at radius 1 is 1.23 bits per heavy atom. The van der Waals surface area contributed by atoms with Crippen LogP contribution in [0.3, 0.4) is 0 Å². The molecule has 2 saturated heterocycles. The van der Waals surface area contributed by atoms with Crippen LogP contribution in [0.5, 0.6) is 0 Å². The maximum atomic E-state index is 12.4. The quantitative estimate of drug-likeness (QED) is 0.795. The Morgan fingerprint density at radius 2 is 2.04 bits per heavy atom. The zero-order valence-electron chi connectivity index (χ0n) is 15.8. The van der Waals surface area contributed by atoms with E-state index in [0.717, 1.165) is 51.0 Å². The molecule has 0 aromatic carbocycles. The molecule has 0 bridgehead atoms. The number of nitrogens with zero attached hydrogens (tertiary/aromatic N) is 2. The van der Waals surface area contributed by atoms with Crippen LogP contribution in [0.25, 0.3) is 0 Å². The molecule has 1 aromatic heterocycles. The van der Waals surface area contributed by atoms with Crippen LogP contribution in [-0.4, -0.2) is 60.4 Å². The molecular formula is C20H31N3O2S. The van der Waals surface area contributed by atoms with Crippen LogP contribution < -0.4 is 5.32 Å². The molecule has 1 aromatic rings. The summed E-state index contributed by atoms with van der Waals surface area (Å²) in [5.41, 5.74) is 0.806. The van der Waals surface area contributed by atoms with Crippen molar-refractivity contribution in [1.29, 1.82) is 0 Å². The van der Waals surface area contributed by atoms with Crippen molar-refractivity contribution in [2.75, 3.05) is 32.7 Å². The first kappa shape index (κ1) is 19.4. The lowest BCUT2D eigenvalue weighted by molar-refractivity contribution is -0.121. The highest BCUT2D eigenvalue weighted by Gasteiger charge is 2.25. The monoisotopic (exact) mass is 377 g/mol. The molecule has 2 fully saturated rings. The van der Waals surface area contributed by atoms with Gasteiger partial charge in [-0.3, -0.25) is 14.5 Å². The van der Waals surface area contributed by atoms with Crippen molar-refractivity contribution in [3.8, 4) is 0 Å². The van der Waals surface area contributed by atoms with Crippen molar-refractivity contribution < 1.29 is 9.59 Å². The lowest BCUT2D eigenvalue weighted by Gasteiger charge is -2.32. The number of rotatable bonds is 7. The van der Waals surface area contributed by atoms with Gasteiger partial charge in [0.25, 0.3) is 5.91 Å². The first-order chi connectivity index (χ1) is 12.7. The fourth-order valence-electron chi connectivity index (χ4n) is 4.19. The van der Waals surface area contributed by atoms with E-state index in [1.807, 2.05) is 21.7 Å². The SMILES string of the molecule is CCN1CCCC1CNC(=O)CCC1CCN(C(=O)c2ccsc2)CC1. The summed E-state index contributed by atoms with van der Waals surface area (Å²) in [5, 5.41) is 7.00. The van der Waals surface area contributed by atoms with E-state index in [1.165, 1.54) is 19.4 Å². The number of carbonyl (C=O) groups is 2. The number of likely N-dealkylation sites (tertiary alicyclic amines) is 2. The highest BCUT2D eigenvalue weighted by atomic mass is 32.1. The third kappa shape index (κ3) is 5.07. The maximum Gasteiger partial charge on any atom is 0.254 e. The molecule has 1 N–H and O–H groups in total. The van der Waals surface area contributed by atoms with Gasteiger partial charge in [-0.2, -0.15) is 11.3 Å². The molecule has 1 atom stereocenters. The number of hydrogen-bond acceptors (Lipinski definition) is 4. The van der Waals surface area contributed by atoms with Crippen molar-refractivity contribution in [1.82, 2.24) is 15.1 Å². The summed E-state index contributed by atoms with van der Waals surface area (Å²) >= 11 is 1.56. The first-order valence-corrected chi connectivity index (χ1v) is 10.9. The van der Waals surface area contributed by atoms with Gasteiger partial charge in [0.15, 0.2) is 0 Å². The Labute approximate surface area is 160 Å². The Bertz CT molecular complexity index is 582. The number of hydrogen-bond donors (Lipinski definition) is 1. The van der Waals surface area contributed by atoms with Gasteiger partial charge in [-0.25, -0.2) is 0 Å². The topological polar surface area (TPSA) is 52.7 Å². The fraction of sp³-hybridized carbons (Fsp3) is 0.700. The molecule has 1 unspecified atom stereocenters. The summed E-state index contributed by atoms with van der Waals surface area (Å²) < 4.78 is 0. The number of thiophene rings is 1. The van der Waals surface area contributed by atoms with E-state index >= 15 is 0 Å². The lowest BCUT2D eigenvalue weighted by Crippen LogP contribution is -2.40. The zero-order valence-corrected chi connectivity index (χ0v) is 16.6. The summed E-state index contributed by atoms with van der Waals surface area (Å²) in [6.07, 6.45) is 6.02. The van der Waals surface area contributed by atoms with Crippen molar-refractivity contribution in [2.45, 2.75) is 51.5 Å². The molecule has 0 spiro atoms. The molecule has 2 amide bonds. The van der Waals surface area contributed by atoms with E-state index in [1.54, 1.807) is 11.3 Å². The summed E-state index contributed by atoms with van der Waals surface area (Å²) in [4.78, 5) is 28.9. The van der Waals surface area contributed by atoms with Gasteiger partial charge >= 0.3 is 0 Å².